The molecule has 1 heterocycles. The second-order valence-electron chi connectivity index (χ2n) is 6.63. The van der Waals surface area contributed by atoms with Crippen molar-refractivity contribution in [2.45, 2.75) is 65.5 Å². The van der Waals surface area contributed by atoms with Crippen LogP contribution in [0, 0.1) is 17.2 Å². The molecule has 1 rings (SSSR count). The average molecular weight is 287 g/mol. The lowest BCUT2D eigenvalue weighted by atomic mass is 9.72. The van der Waals surface area contributed by atoms with E-state index in [1.54, 1.807) is 6.20 Å². The minimum atomic E-state index is -0.511. The summed E-state index contributed by atoms with van der Waals surface area (Å²) in [6, 6.07) is 9.40. The van der Waals surface area contributed by atoms with E-state index in [0.717, 1.165) is 18.7 Å². The van der Waals surface area contributed by atoms with Gasteiger partial charge in [-0.2, -0.15) is 5.26 Å². The maximum atomic E-state index is 9.88. The minimum Gasteiger partial charge on any atom is -0.298 e. The Morgan fingerprint density at radius 3 is 2.14 bits per heavy atom. The van der Waals surface area contributed by atoms with Crippen LogP contribution < -0.4 is 0 Å². The highest BCUT2D eigenvalue weighted by atomic mass is 15.2. The topological polar surface area (TPSA) is 39.9 Å². The van der Waals surface area contributed by atoms with Crippen LogP contribution in [0.2, 0.25) is 0 Å². The van der Waals surface area contributed by atoms with Crippen molar-refractivity contribution in [3.05, 3.63) is 30.1 Å². The third-order valence-corrected chi connectivity index (χ3v) is 4.40. The first kappa shape index (κ1) is 17.7. The van der Waals surface area contributed by atoms with Gasteiger partial charge in [-0.05, 0) is 52.2 Å². The van der Waals surface area contributed by atoms with E-state index in [1.807, 2.05) is 18.2 Å². The Kier molecular flexibility index (Phi) is 6.36. The van der Waals surface area contributed by atoms with Gasteiger partial charge in [0.15, 0.2) is 0 Å². The largest absolute Gasteiger partial charge is 0.298 e. The van der Waals surface area contributed by atoms with E-state index in [9.17, 15) is 5.26 Å². The summed E-state index contributed by atoms with van der Waals surface area (Å²) in [5.41, 5.74) is 0.387. The molecule has 0 aliphatic carbocycles. The zero-order chi connectivity index (χ0) is 16.0. The summed E-state index contributed by atoms with van der Waals surface area (Å²) in [7, 11) is 0. The van der Waals surface area contributed by atoms with Crippen LogP contribution in [0.5, 0.6) is 0 Å². The predicted molar refractivity (Wildman–Crippen MR) is 88.0 cm³/mol. The fourth-order valence-corrected chi connectivity index (χ4v) is 3.00. The van der Waals surface area contributed by atoms with Crippen molar-refractivity contribution < 1.29 is 0 Å². The highest BCUT2D eigenvalue weighted by Crippen LogP contribution is 2.34. The third-order valence-electron chi connectivity index (χ3n) is 4.40. The van der Waals surface area contributed by atoms with Gasteiger partial charge in [-0.3, -0.25) is 9.88 Å². The summed E-state index contributed by atoms with van der Waals surface area (Å²) in [5.74, 6) is 0.235. The van der Waals surface area contributed by atoms with Crippen LogP contribution in [0.15, 0.2) is 24.4 Å². The Bertz CT molecular complexity index is 451. The molecule has 0 amide bonds. The summed E-state index contributed by atoms with van der Waals surface area (Å²) in [4.78, 5) is 6.91. The van der Waals surface area contributed by atoms with Gasteiger partial charge in [0.25, 0.3) is 0 Å². The van der Waals surface area contributed by atoms with Crippen molar-refractivity contribution >= 4 is 0 Å². The Morgan fingerprint density at radius 2 is 1.76 bits per heavy atom. The first-order chi connectivity index (χ1) is 9.85. The number of nitrogens with zero attached hydrogens (tertiary/aromatic N) is 3. The standard InChI is InChI=1S/C18H29N3/c1-14(2)18(13-19,17-9-7-8-11-20-17)10-12-21(15(3)4)16(5)6/h7-9,11,14-16H,10,12H2,1-6H3/t18-/m0/s1. The van der Waals surface area contributed by atoms with E-state index in [1.165, 1.54) is 0 Å². The normalized spacial score (nSPS) is 14.7. The van der Waals surface area contributed by atoms with Gasteiger partial charge in [0.05, 0.1) is 11.8 Å². The molecule has 0 aliphatic heterocycles. The Hall–Kier alpha value is -1.40. The van der Waals surface area contributed by atoms with Gasteiger partial charge in [0, 0.05) is 24.8 Å². The van der Waals surface area contributed by atoms with E-state index in [0.29, 0.717) is 12.1 Å². The van der Waals surface area contributed by atoms with Crippen molar-refractivity contribution in [3.63, 3.8) is 0 Å². The molecule has 116 valence electrons. The molecular formula is C18H29N3. The van der Waals surface area contributed by atoms with E-state index in [2.05, 4.69) is 57.5 Å². The lowest BCUT2D eigenvalue weighted by Gasteiger charge is -2.36. The lowest BCUT2D eigenvalue weighted by molar-refractivity contribution is 0.155. The first-order valence-electron chi connectivity index (χ1n) is 7.93. The highest BCUT2D eigenvalue weighted by Gasteiger charge is 2.37. The second kappa shape index (κ2) is 7.56. The van der Waals surface area contributed by atoms with Crippen LogP contribution in [-0.4, -0.2) is 28.5 Å². The summed E-state index contributed by atoms with van der Waals surface area (Å²) < 4.78 is 0. The maximum Gasteiger partial charge on any atom is 0.103 e. The van der Waals surface area contributed by atoms with Crippen molar-refractivity contribution in [1.82, 2.24) is 9.88 Å². The zero-order valence-electron chi connectivity index (χ0n) is 14.3. The Morgan fingerprint density at radius 1 is 1.14 bits per heavy atom. The fraction of sp³-hybridized carbons (Fsp3) is 0.667. The van der Waals surface area contributed by atoms with Crippen molar-refractivity contribution in [2.75, 3.05) is 6.54 Å². The molecule has 1 aromatic rings. The predicted octanol–water partition coefficient (Wildman–Crippen LogP) is 4.01. The highest BCUT2D eigenvalue weighted by molar-refractivity contribution is 5.27. The number of nitriles is 1. The van der Waals surface area contributed by atoms with Gasteiger partial charge >= 0.3 is 0 Å². The molecule has 1 atom stereocenters. The molecule has 0 radical (unpaired) electrons. The molecule has 0 saturated carbocycles. The molecule has 0 fully saturated rings. The maximum absolute atomic E-state index is 9.88. The third kappa shape index (κ3) is 4.04. The van der Waals surface area contributed by atoms with Crippen LogP contribution in [0.25, 0.3) is 0 Å². The monoisotopic (exact) mass is 287 g/mol. The smallest absolute Gasteiger partial charge is 0.103 e. The quantitative estimate of drug-likeness (QED) is 0.760. The Balaban J connectivity index is 3.03. The second-order valence-corrected chi connectivity index (χ2v) is 6.63. The fourth-order valence-electron chi connectivity index (χ4n) is 3.00. The minimum absolute atomic E-state index is 0.235. The van der Waals surface area contributed by atoms with Gasteiger partial charge in [-0.25, -0.2) is 0 Å². The summed E-state index contributed by atoms with van der Waals surface area (Å²) in [6.07, 6.45) is 2.60. The Labute approximate surface area is 130 Å². The molecular weight excluding hydrogens is 258 g/mol. The van der Waals surface area contributed by atoms with E-state index < -0.39 is 5.41 Å². The molecule has 0 aliphatic rings. The SMILES string of the molecule is CC(C)N(CC[C@@](C#N)(c1ccccn1)C(C)C)C(C)C. The number of pyridine rings is 1. The van der Waals surface area contributed by atoms with Crippen LogP contribution in [0.4, 0.5) is 0 Å². The van der Waals surface area contributed by atoms with Gasteiger partial charge in [0.2, 0.25) is 0 Å². The van der Waals surface area contributed by atoms with Gasteiger partial charge in [0.1, 0.15) is 5.41 Å². The van der Waals surface area contributed by atoms with E-state index in [-0.39, 0.29) is 5.92 Å². The molecule has 0 N–H and O–H groups in total. The first-order valence-corrected chi connectivity index (χ1v) is 7.93. The van der Waals surface area contributed by atoms with Gasteiger partial charge < -0.3 is 0 Å². The van der Waals surface area contributed by atoms with Crippen LogP contribution in [0.3, 0.4) is 0 Å². The number of hydrogen-bond donors (Lipinski definition) is 0. The van der Waals surface area contributed by atoms with Crippen LogP contribution in [-0.2, 0) is 5.41 Å². The molecule has 0 spiro atoms. The van der Waals surface area contributed by atoms with Crippen LogP contribution >= 0.6 is 0 Å². The summed E-state index contributed by atoms with van der Waals surface area (Å²) >= 11 is 0. The average Bonchev–Trinajstić information content (AvgIpc) is 2.43. The van der Waals surface area contributed by atoms with Crippen molar-refractivity contribution in [1.29, 1.82) is 5.26 Å². The number of aromatic nitrogens is 1. The molecule has 3 heteroatoms. The van der Waals surface area contributed by atoms with Crippen molar-refractivity contribution in [3.8, 4) is 6.07 Å². The van der Waals surface area contributed by atoms with E-state index in [4.69, 9.17) is 0 Å². The molecule has 0 bridgehead atoms. The van der Waals surface area contributed by atoms with Crippen LogP contribution in [0.1, 0.15) is 53.7 Å². The van der Waals surface area contributed by atoms with Gasteiger partial charge in [-0.1, -0.05) is 19.9 Å². The number of rotatable bonds is 7. The molecule has 0 unspecified atom stereocenters. The molecule has 21 heavy (non-hydrogen) atoms. The van der Waals surface area contributed by atoms with E-state index >= 15 is 0 Å². The van der Waals surface area contributed by atoms with Gasteiger partial charge in [-0.15, -0.1) is 0 Å². The molecule has 3 nitrogen and oxygen atoms in total. The lowest BCUT2D eigenvalue weighted by Crippen LogP contribution is -2.42. The number of hydrogen-bond acceptors (Lipinski definition) is 3. The summed E-state index contributed by atoms with van der Waals surface area (Å²) in [5, 5.41) is 9.88. The van der Waals surface area contributed by atoms with Crippen molar-refractivity contribution in [2.24, 2.45) is 5.92 Å². The molecule has 0 aromatic carbocycles. The molecule has 0 saturated heterocycles. The molecule has 1 aromatic heterocycles. The zero-order valence-corrected chi connectivity index (χ0v) is 14.3. The summed E-state index contributed by atoms with van der Waals surface area (Å²) in [6.45, 7) is 14.0.